The number of halogens is 3. The molecule has 0 aromatic carbocycles. The van der Waals surface area contributed by atoms with Gasteiger partial charge in [0.05, 0.1) is 12.0 Å². The van der Waals surface area contributed by atoms with Gasteiger partial charge in [-0.25, -0.2) is 4.99 Å². The topological polar surface area (TPSA) is 76.3 Å². The summed E-state index contributed by atoms with van der Waals surface area (Å²) in [7, 11) is 1.52. The van der Waals surface area contributed by atoms with Crippen molar-refractivity contribution in [1.82, 2.24) is 5.06 Å². The van der Waals surface area contributed by atoms with Crippen LogP contribution in [0.25, 0.3) is 0 Å². The summed E-state index contributed by atoms with van der Waals surface area (Å²) in [6.07, 6.45) is 1.83. The molecule has 0 saturated carbocycles. The summed E-state index contributed by atoms with van der Waals surface area (Å²) < 4.78 is 15.5. The van der Waals surface area contributed by atoms with Gasteiger partial charge in [-0.1, -0.05) is 48.7 Å². The first-order valence-corrected chi connectivity index (χ1v) is 12.5. The molecule has 0 N–H and O–H groups in total. The highest BCUT2D eigenvalue weighted by molar-refractivity contribution is 6.76. The van der Waals surface area contributed by atoms with Gasteiger partial charge in [-0.2, -0.15) is 10.3 Å². The fraction of sp³-hybridized carbons (Fsp3) is 0.913. The molecule has 2 rings (SSSR count). The molecule has 0 unspecified atom stereocenters. The molecule has 1 fully saturated rings. The highest BCUT2D eigenvalue weighted by Crippen LogP contribution is 2.45. The van der Waals surface area contributed by atoms with E-state index in [-0.39, 0.29) is 36.3 Å². The smallest absolute Gasteiger partial charge is 0.266 e. The molecule has 0 radical (unpaired) electrons. The van der Waals surface area contributed by atoms with E-state index in [4.69, 9.17) is 58.8 Å². The number of nitriles is 1. The third kappa shape index (κ3) is 6.27. The molecule has 33 heavy (non-hydrogen) atoms. The van der Waals surface area contributed by atoms with Crippen molar-refractivity contribution in [1.29, 1.82) is 5.26 Å². The number of hydrogen-bond donors (Lipinski definition) is 0. The van der Waals surface area contributed by atoms with E-state index >= 15 is 0 Å². The number of nitrogens with zero attached hydrogens (tertiary/aromatic N) is 3. The first-order valence-electron chi connectivity index (χ1n) is 11.4. The lowest BCUT2D eigenvalue weighted by atomic mass is 9.77. The molecule has 190 valence electrons. The van der Waals surface area contributed by atoms with Crippen LogP contribution in [0.2, 0.25) is 0 Å². The Morgan fingerprint density at radius 3 is 2.21 bits per heavy atom. The van der Waals surface area contributed by atoms with Crippen molar-refractivity contribution in [3.63, 3.8) is 0 Å². The molecule has 0 bridgehead atoms. The summed E-state index contributed by atoms with van der Waals surface area (Å²) in [6.45, 7) is 14.5. The van der Waals surface area contributed by atoms with Crippen LogP contribution >= 0.6 is 34.8 Å². The van der Waals surface area contributed by atoms with Crippen molar-refractivity contribution in [3.8, 4) is 6.07 Å². The van der Waals surface area contributed by atoms with Crippen LogP contribution in [0.5, 0.6) is 0 Å². The van der Waals surface area contributed by atoms with E-state index in [9.17, 15) is 5.26 Å². The average molecular weight is 527 g/mol. The molecule has 0 aromatic heterocycles. The first kappa shape index (κ1) is 28.9. The summed E-state index contributed by atoms with van der Waals surface area (Å²) in [5, 5.41) is 11.9. The van der Waals surface area contributed by atoms with E-state index in [1.807, 2.05) is 13.8 Å². The molecule has 0 aliphatic carbocycles. The van der Waals surface area contributed by atoms with E-state index in [1.54, 1.807) is 6.92 Å². The van der Waals surface area contributed by atoms with E-state index < -0.39 is 27.5 Å². The second kappa shape index (κ2) is 10.7. The van der Waals surface area contributed by atoms with Crippen LogP contribution in [-0.2, 0) is 19.0 Å². The predicted molar refractivity (Wildman–Crippen MR) is 131 cm³/mol. The molecule has 0 amide bonds. The SMILES string of the molecule is COCO[C@@H]([C@@H](C)C#N)[C@]1(CON2C(C)(C)CCCC2(C)C)N=C(C(Cl)(Cl)Cl)O[C@H]1C(C)C. The number of piperidine rings is 1. The molecule has 4 atom stereocenters. The molecule has 1 saturated heterocycles. The summed E-state index contributed by atoms with van der Waals surface area (Å²) in [4.78, 5) is 11.4. The lowest BCUT2D eigenvalue weighted by Crippen LogP contribution is -2.62. The molecule has 2 heterocycles. The number of alkyl halides is 3. The first-order chi connectivity index (χ1) is 15.1. The van der Waals surface area contributed by atoms with Crippen LogP contribution in [0.15, 0.2) is 4.99 Å². The van der Waals surface area contributed by atoms with Gasteiger partial charge in [0.1, 0.15) is 25.6 Å². The number of hydroxylamine groups is 2. The number of aliphatic imine (C=N–C) groups is 1. The Morgan fingerprint density at radius 2 is 1.76 bits per heavy atom. The average Bonchev–Trinajstić information content (AvgIpc) is 3.08. The third-order valence-electron chi connectivity index (χ3n) is 6.51. The fourth-order valence-corrected chi connectivity index (χ4v) is 5.45. The van der Waals surface area contributed by atoms with Crippen molar-refractivity contribution < 1.29 is 19.0 Å². The number of rotatable bonds is 9. The molecule has 2 aliphatic heterocycles. The van der Waals surface area contributed by atoms with Gasteiger partial charge in [0.2, 0.25) is 5.90 Å². The Morgan fingerprint density at radius 1 is 1.18 bits per heavy atom. The monoisotopic (exact) mass is 525 g/mol. The maximum absolute atomic E-state index is 9.82. The molecule has 2 aliphatic rings. The van der Waals surface area contributed by atoms with Crippen molar-refractivity contribution in [3.05, 3.63) is 0 Å². The van der Waals surface area contributed by atoms with E-state index in [0.29, 0.717) is 0 Å². The molecule has 10 heteroatoms. The number of hydrogen-bond acceptors (Lipinski definition) is 7. The molecular formula is C23H38Cl3N3O4. The summed E-state index contributed by atoms with van der Waals surface area (Å²) in [6, 6.07) is 2.29. The van der Waals surface area contributed by atoms with Gasteiger partial charge < -0.3 is 14.2 Å². The molecular weight excluding hydrogens is 489 g/mol. The van der Waals surface area contributed by atoms with Crippen LogP contribution in [0.3, 0.4) is 0 Å². The Bertz CT molecular complexity index is 732. The van der Waals surface area contributed by atoms with Crippen LogP contribution in [0.1, 0.15) is 67.7 Å². The van der Waals surface area contributed by atoms with Crippen molar-refractivity contribution in [2.75, 3.05) is 20.5 Å². The minimum atomic E-state index is -1.86. The minimum Gasteiger partial charge on any atom is -0.472 e. The Balaban J connectivity index is 2.58. The van der Waals surface area contributed by atoms with E-state index in [2.05, 4.69) is 38.8 Å². The number of ether oxygens (including phenoxy) is 3. The number of methoxy groups -OCH3 is 1. The predicted octanol–water partition coefficient (Wildman–Crippen LogP) is 5.67. The molecule has 7 nitrogen and oxygen atoms in total. The fourth-order valence-electron chi connectivity index (χ4n) is 5.19. The zero-order valence-electron chi connectivity index (χ0n) is 21.0. The van der Waals surface area contributed by atoms with Crippen molar-refractivity contribution >= 4 is 40.7 Å². The van der Waals surface area contributed by atoms with Gasteiger partial charge in [0, 0.05) is 18.2 Å². The second-order valence-electron chi connectivity index (χ2n) is 10.6. The van der Waals surface area contributed by atoms with Crippen LogP contribution in [0, 0.1) is 23.2 Å². The van der Waals surface area contributed by atoms with Gasteiger partial charge in [-0.15, -0.1) is 0 Å². The van der Waals surface area contributed by atoms with Gasteiger partial charge >= 0.3 is 0 Å². The lowest BCUT2D eigenvalue weighted by molar-refractivity contribution is -0.296. The maximum atomic E-state index is 9.82. The largest absolute Gasteiger partial charge is 0.472 e. The highest BCUT2D eigenvalue weighted by Gasteiger charge is 2.59. The zero-order chi connectivity index (χ0) is 25.2. The van der Waals surface area contributed by atoms with Crippen LogP contribution in [-0.4, -0.2) is 64.1 Å². The molecule has 0 aromatic rings. The second-order valence-corrected chi connectivity index (χ2v) is 12.9. The van der Waals surface area contributed by atoms with Crippen LogP contribution < -0.4 is 0 Å². The van der Waals surface area contributed by atoms with Gasteiger partial charge in [0.25, 0.3) is 3.79 Å². The standard InChI is InChI=1S/C23H38Cl3N3O4/c1-15(2)17-22(28-19(33-17)23(24,25)26,18(16(3)12-27)31-14-30-8)13-32-29-20(4,5)10-9-11-21(29,6)7/h15-18H,9-11,13-14H2,1-8H3/t16-,17-,18-,22+/m0/s1. The third-order valence-corrected chi connectivity index (χ3v) is 6.99. The molecule has 0 spiro atoms. The Labute approximate surface area is 213 Å². The van der Waals surface area contributed by atoms with Crippen molar-refractivity contribution in [2.45, 2.75) is 100 Å². The quantitative estimate of drug-likeness (QED) is 0.284. The lowest BCUT2D eigenvalue weighted by Gasteiger charge is -2.52. The maximum Gasteiger partial charge on any atom is 0.266 e. The normalized spacial score (nSPS) is 29.3. The summed E-state index contributed by atoms with van der Waals surface area (Å²) in [5.74, 6) is -0.623. The van der Waals surface area contributed by atoms with Gasteiger partial charge in [-0.05, 0) is 59.8 Å². The zero-order valence-corrected chi connectivity index (χ0v) is 23.2. The summed E-state index contributed by atoms with van der Waals surface area (Å²) >= 11 is 18.6. The van der Waals surface area contributed by atoms with E-state index in [0.717, 1.165) is 19.3 Å². The van der Waals surface area contributed by atoms with Crippen LogP contribution in [0.4, 0.5) is 0 Å². The minimum absolute atomic E-state index is 0.0249. The van der Waals surface area contributed by atoms with Gasteiger partial charge in [0.15, 0.2) is 5.54 Å². The summed E-state index contributed by atoms with van der Waals surface area (Å²) in [5.41, 5.74) is -1.52. The van der Waals surface area contributed by atoms with E-state index in [1.165, 1.54) is 7.11 Å². The highest BCUT2D eigenvalue weighted by atomic mass is 35.6. The Kier molecular flexibility index (Phi) is 9.41. The Hall–Kier alpha value is -0.330. The van der Waals surface area contributed by atoms with Crippen molar-refractivity contribution in [2.24, 2.45) is 16.8 Å². The van der Waals surface area contributed by atoms with Gasteiger partial charge in [-0.3, -0.25) is 4.84 Å².